The van der Waals surface area contributed by atoms with Crippen molar-refractivity contribution < 1.29 is 25.2 Å². The number of aliphatic hydroxyl groups is 4. The van der Waals surface area contributed by atoms with Gasteiger partial charge < -0.3 is 25.2 Å². The lowest BCUT2D eigenvalue weighted by molar-refractivity contribution is -0.144. The quantitative estimate of drug-likeness (QED) is 0.424. The van der Waals surface area contributed by atoms with Crippen LogP contribution in [0.4, 0.5) is 0 Å². The Labute approximate surface area is 98.4 Å². The normalized spacial score (nSPS) is 37.1. The van der Waals surface area contributed by atoms with Crippen LogP contribution in [0.5, 0.6) is 0 Å². The minimum atomic E-state index is -1.24. The number of nitrogens with zero attached hydrogens (tertiary/aromatic N) is 1. The highest BCUT2D eigenvalue weighted by atomic mass is 16.5. The molecule has 0 amide bonds. The summed E-state index contributed by atoms with van der Waals surface area (Å²) < 4.78 is 5.07. The van der Waals surface area contributed by atoms with Gasteiger partial charge in [0.15, 0.2) is 5.76 Å². The van der Waals surface area contributed by atoms with Gasteiger partial charge in [-0.1, -0.05) is 0 Å². The van der Waals surface area contributed by atoms with E-state index >= 15 is 0 Å². The highest BCUT2D eigenvalue weighted by molar-refractivity contribution is 5.05. The molecule has 17 heavy (non-hydrogen) atoms. The summed E-state index contributed by atoms with van der Waals surface area (Å²) in [5, 5.41) is 38.1. The smallest absolute Gasteiger partial charge is 0.168 e. The molecule has 0 aliphatic carbocycles. The number of hydrogen-bond donors (Lipinski definition) is 4. The topological polar surface area (TPSA) is 93.4 Å². The van der Waals surface area contributed by atoms with Crippen molar-refractivity contribution in [1.29, 1.82) is 0 Å². The van der Waals surface area contributed by atoms with E-state index in [4.69, 9.17) is 4.74 Å². The van der Waals surface area contributed by atoms with Crippen LogP contribution in [0, 0.1) is 0 Å². The van der Waals surface area contributed by atoms with Crippen molar-refractivity contribution in [3.8, 4) is 0 Å². The first kappa shape index (κ1) is 12.4. The van der Waals surface area contributed by atoms with Gasteiger partial charge >= 0.3 is 0 Å². The lowest BCUT2D eigenvalue weighted by Crippen LogP contribution is -2.62. The van der Waals surface area contributed by atoms with Crippen molar-refractivity contribution in [3.63, 3.8) is 0 Å². The predicted octanol–water partition coefficient (Wildman–Crippen LogP) is -2.07. The maximum Gasteiger partial charge on any atom is 0.168 e. The zero-order valence-electron chi connectivity index (χ0n) is 9.15. The van der Waals surface area contributed by atoms with Gasteiger partial charge in [-0.3, -0.25) is 4.90 Å². The molecule has 0 aromatic carbocycles. The van der Waals surface area contributed by atoms with Crippen LogP contribution in [0.1, 0.15) is 0 Å². The molecule has 4 atom stereocenters. The van der Waals surface area contributed by atoms with Crippen LogP contribution in [0.15, 0.2) is 23.5 Å². The Bertz CT molecular complexity index is 383. The Hall–Kier alpha value is -1.10. The minimum Gasteiger partial charge on any atom is -0.450 e. The van der Waals surface area contributed by atoms with Gasteiger partial charge in [-0.05, 0) is 11.5 Å². The van der Waals surface area contributed by atoms with E-state index in [1.165, 1.54) is 6.26 Å². The molecule has 0 aromatic rings. The van der Waals surface area contributed by atoms with E-state index in [-0.39, 0.29) is 19.7 Å². The molecular formula is C11H15NO5. The molecule has 2 rings (SSSR count). The van der Waals surface area contributed by atoms with Crippen LogP contribution in [0.2, 0.25) is 0 Å². The molecule has 0 bridgehead atoms. The van der Waals surface area contributed by atoms with Crippen LogP contribution in [0.3, 0.4) is 0 Å². The van der Waals surface area contributed by atoms with Crippen LogP contribution < -0.4 is 0 Å². The number of hydrogen-bond acceptors (Lipinski definition) is 6. The monoisotopic (exact) mass is 241 g/mol. The molecule has 6 nitrogen and oxygen atoms in total. The SMILES string of the molecule is OC[C@@H]1[C@@H](O)[C@H](O)[C@@H](O)CN1CC1=C=C=CO1. The fourth-order valence-corrected chi connectivity index (χ4v) is 2.06. The third kappa shape index (κ3) is 2.44. The van der Waals surface area contributed by atoms with Gasteiger partial charge in [0.1, 0.15) is 18.5 Å². The second kappa shape index (κ2) is 5.04. The molecule has 2 heterocycles. The Morgan fingerprint density at radius 3 is 2.71 bits per heavy atom. The van der Waals surface area contributed by atoms with Crippen LogP contribution in [-0.2, 0) is 4.74 Å². The average Bonchev–Trinajstić information content (AvgIpc) is 2.79. The first-order valence-corrected chi connectivity index (χ1v) is 5.38. The number of likely N-dealkylation sites (tertiary alicyclic amines) is 1. The van der Waals surface area contributed by atoms with Crippen LogP contribution in [-0.4, -0.2) is 69.4 Å². The van der Waals surface area contributed by atoms with Gasteiger partial charge in [-0.25, -0.2) is 0 Å². The molecular weight excluding hydrogens is 226 g/mol. The van der Waals surface area contributed by atoms with Crippen molar-refractivity contribution in [3.05, 3.63) is 23.5 Å². The molecule has 2 aliphatic heterocycles. The van der Waals surface area contributed by atoms with E-state index in [2.05, 4.69) is 11.5 Å². The van der Waals surface area contributed by atoms with Gasteiger partial charge in [-0.15, -0.1) is 0 Å². The van der Waals surface area contributed by atoms with E-state index in [1.54, 1.807) is 4.90 Å². The summed E-state index contributed by atoms with van der Waals surface area (Å²) in [6.45, 7) is 0.128. The third-order valence-corrected chi connectivity index (χ3v) is 3.03. The maximum absolute atomic E-state index is 9.75. The summed E-state index contributed by atoms with van der Waals surface area (Å²) in [4.78, 5) is 1.64. The Morgan fingerprint density at radius 1 is 1.35 bits per heavy atom. The molecule has 0 saturated carbocycles. The molecule has 94 valence electrons. The standard InChI is InChI=1S/C11H15NO5/c13-6-8-10(15)11(16)9(14)5-12(8)4-7-2-1-3-17-7/h3,8-11,13-16H,4-6H2/t8-,9+,10-,11-/m1/s1. The third-order valence-electron chi connectivity index (χ3n) is 3.03. The second-order valence-corrected chi connectivity index (χ2v) is 4.16. The van der Waals surface area contributed by atoms with Crippen molar-refractivity contribution in [2.75, 3.05) is 19.7 Å². The van der Waals surface area contributed by atoms with E-state index in [9.17, 15) is 20.4 Å². The van der Waals surface area contributed by atoms with Gasteiger partial charge in [0.05, 0.1) is 25.3 Å². The van der Waals surface area contributed by atoms with E-state index < -0.39 is 24.4 Å². The fraction of sp³-hybridized carbons (Fsp3) is 0.636. The van der Waals surface area contributed by atoms with Gasteiger partial charge in [0.2, 0.25) is 0 Å². The molecule has 2 aliphatic rings. The molecule has 1 fully saturated rings. The predicted molar refractivity (Wildman–Crippen MR) is 56.7 cm³/mol. The highest BCUT2D eigenvalue weighted by Gasteiger charge is 2.41. The molecule has 1 saturated heterocycles. The summed E-state index contributed by atoms with van der Waals surface area (Å²) in [6.07, 6.45) is -2.13. The van der Waals surface area contributed by atoms with E-state index in [0.717, 1.165) is 0 Å². The summed E-state index contributed by atoms with van der Waals surface area (Å²) in [5.74, 6) is 0.499. The highest BCUT2D eigenvalue weighted by Crippen LogP contribution is 2.20. The Morgan fingerprint density at radius 2 is 2.12 bits per heavy atom. The summed E-state index contributed by atoms with van der Waals surface area (Å²) in [7, 11) is 0. The zero-order chi connectivity index (χ0) is 12.4. The number of β-amino-alcohol motifs (C(OH)–C–C–N with tert-alkyl or cyclic N) is 1. The van der Waals surface area contributed by atoms with Crippen molar-refractivity contribution in [1.82, 2.24) is 4.90 Å². The first-order chi connectivity index (χ1) is 8.13. The van der Waals surface area contributed by atoms with Gasteiger partial charge in [-0.2, -0.15) is 0 Å². The lowest BCUT2D eigenvalue weighted by Gasteiger charge is -2.42. The Kier molecular flexibility index (Phi) is 3.66. The maximum atomic E-state index is 9.75. The van der Waals surface area contributed by atoms with Crippen molar-refractivity contribution in [2.45, 2.75) is 24.4 Å². The van der Waals surface area contributed by atoms with Crippen molar-refractivity contribution in [2.24, 2.45) is 0 Å². The van der Waals surface area contributed by atoms with Gasteiger partial charge in [0.25, 0.3) is 0 Å². The number of ether oxygens (including phenoxy) is 1. The summed E-state index contributed by atoms with van der Waals surface area (Å²) in [5.41, 5.74) is 5.36. The van der Waals surface area contributed by atoms with E-state index in [1.807, 2.05) is 0 Å². The van der Waals surface area contributed by atoms with Crippen molar-refractivity contribution >= 4 is 0 Å². The average molecular weight is 241 g/mol. The minimum absolute atomic E-state index is 0.151. The van der Waals surface area contributed by atoms with Crippen LogP contribution in [0.25, 0.3) is 0 Å². The molecule has 6 heteroatoms. The fourth-order valence-electron chi connectivity index (χ4n) is 2.06. The molecule has 0 radical (unpaired) electrons. The molecule has 0 unspecified atom stereocenters. The number of rotatable bonds is 3. The Balaban J connectivity index is 2.09. The first-order valence-electron chi connectivity index (χ1n) is 5.38. The van der Waals surface area contributed by atoms with Gasteiger partial charge in [0, 0.05) is 6.54 Å². The zero-order valence-corrected chi connectivity index (χ0v) is 9.15. The molecule has 0 spiro atoms. The lowest BCUT2D eigenvalue weighted by atomic mass is 9.94. The molecule has 0 aromatic heterocycles. The summed E-state index contributed by atoms with van der Waals surface area (Å²) >= 11 is 0. The summed E-state index contributed by atoms with van der Waals surface area (Å²) in [6, 6.07) is -0.633. The largest absolute Gasteiger partial charge is 0.450 e. The van der Waals surface area contributed by atoms with E-state index in [0.29, 0.717) is 5.76 Å². The van der Waals surface area contributed by atoms with Crippen LogP contribution >= 0.6 is 0 Å². The second-order valence-electron chi connectivity index (χ2n) is 4.16. The number of aliphatic hydroxyl groups excluding tert-OH is 4. The number of piperidine rings is 1. The molecule has 4 N–H and O–H groups in total.